The lowest BCUT2D eigenvalue weighted by Gasteiger charge is -2.39. The Labute approximate surface area is 194 Å². The monoisotopic (exact) mass is 455 g/mol. The van der Waals surface area contributed by atoms with E-state index in [0.717, 1.165) is 55.4 Å². The SMILES string of the molecule is C[C@@H]1C[C@@H](O)c2ncnc(N3CCN(C(=O)C(CN4CCC4)c4ccc(Cl)cc4)CC3)c21. The van der Waals surface area contributed by atoms with Crippen LogP contribution in [0.4, 0.5) is 5.82 Å². The first-order valence-electron chi connectivity index (χ1n) is 11.6. The Kier molecular flexibility index (Phi) is 6.05. The fraction of sp³-hybridized carbons (Fsp3) is 0.542. The molecule has 8 heteroatoms. The fourth-order valence-corrected chi connectivity index (χ4v) is 5.28. The fourth-order valence-electron chi connectivity index (χ4n) is 5.16. The molecule has 1 unspecified atom stereocenters. The molecule has 3 heterocycles. The third kappa shape index (κ3) is 4.09. The van der Waals surface area contributed by atoms with E-state index in [1.54, 1.807) is 6.33 Å². The Hall–Kier alpha value is -2.22. The summed E-state index contributed by atoms with van der Waals surface area (Å²) in [7, 11) is 0. The van der Waals surface area contributed by atoms with Gasteiger partial charge < -0.3 is 19.8 Å². The van der Waals surface area contributed by atoms with Crippen molar-refractivity contribution in [3.05, 3.63) is 52.4 Å². The molecule has 2 aromatic rings. The highest BCUT2D eigenvalue weighted by Crippen LogP contribution is 2.42. The number of anilines is 1. The highest BCUT2D eigenvalue weighted by Gasteiger charge is 2.35. The number of hydrogen-bond acceptors (Lipinski definition) is 6. The van der Waals surface area contributed by atoms with Gasteiger partial charge in [0.25, 0.3) is 0 Å². The summed E-state index contributed by atoms with van der Waals surface area (Å²) in [5.74, 6) is 1.18. The molecule has 3 aliphatic rings. The summed E-state index contributed by atoms with van der Waals surface area (Å²) in [6.07, 6.45) is 2.94. The molecule has 0 radical (unpaired) electrons. The molecule has 0 bridgehead atoms. The lowest BCUT2D eigenvalue weighted by molar-refractivity contribution is -0.133. The Bertz CT molecular complexity index is 973. The van der Waals surface area contributed by atoms with Crippen molar-refractivity contribution in [3.63, 3.8) is 0 Å². The summed E-state index contributed by atoms with van der Waals surface area (Å²) < 4.78 is 0. The summed E-state index contributed by atoms with van der Waals surface area (Å²) in [6, 6.07) is 7.71. The Morgan fingerprint density at radius 1 is 1.12 bits per heavy atom. The number of piperazine rings is 1. The van der Waals surface area contributed by atoms with Gasteiger partial charge >= 0.3 is 0 Å². The third-order valence-corrected chi connectivity index (χ3v) is 7.38. The molecule has 0 saturated carbocycles. The van der Waals surface area contributed by atoms with Crippen molar-refractivity contribution in [2.75, 3.05) is 50.7 Å². The minimum Gasteiger partial charge on any atom is -0.387 e. The van der Waals surface area contributed by atoms with Gasteiger partial charge in [0.1, 0.15) is 12.1 Å². The van der Waals surface area contributed by atoms with Crippen molar-refractivity contribution < 1.29 is 9.90 Å². The number of carbonyl (C=O) groups excluding carboxylic acids is 1. The average Bonchev–Trinajstić information content (AvgIpc) is 3.07. The smallest absolute Gasteiger partial charge is 0.231 e. The maximum Gasteiger partial charge on any atom is 0.231 e. The summed E-state index contributed by atoms with van der Waals surface area (Å²) in [5.41, 5.74) is 2.86. The van der Waals surface area contributed by atoms with Gasteiger partial charge in [-0.2, -0.15) is 0 Å². The molecule has 2 fully saturated rings. The number of fused-ring (bicyclic) bond motifs is 1. The predicted octanol–water partition coefficient (Wildman–Crippen LogP) is 2.81. The van der Waals surface area contributed by atoms with Crippen molar-refractivity contribution in [2.45, 2.75) is 37.7 Å². The van der Waals surface area contributed by atoms with Gasteiger partial charge in [-0.1, -0.05) is 30.7 Å². The van der Waals surface area contributed by atoms with Crippen molar-refractivity contribution >= 4 is 23.3 Å². The van der Waals surface area contributed by atoms with Gasteiger partial charge in [0, 0.05) is 43.3 Å². The number of amides is 1. The third-order valence-electron chi connectivity index (χ3n) is 7.13. The molecule has 32 heavy (non-hydrogen) atoms. The number of aliphatic hydroxyl groups excluding tert-OH is 1. The van der Waals surface area contributed by atoms with E-state index in [4.69, 9.17) is 11.6 Å². The molecule has 170 valence electrons. The largest absolute Gasteiger partial charge is 0.387 e. The molecule has 1 aromatic heterocycles. The second kappa shape index (κ2) is 8.96. The highest BCUT2D eigenvalue weighted by molar-refractivity contribution is 6.30. The van der Waals surface area contributed by atoms with Gasteiger partial charge in [0.2, 0.25) is 5.91 Å². The van der Waals surface area contributed by atoms with Crippen LogP contribution in [0.25, 0.3) is 0 Å². The van der Waals surface area contributed by atoms with Gasteiger partial charge in [0.15, 0.2) is 0 Å². The molecule has 1 amide bonds. The summed E-state index contributed by atoms with van der Waals surface area (Å²) in [6.45, 7) is 7.80. The summed E-state index contributed by atoms with van der Waals surface area (Å²) in [5, 5.41) is 11.0. The average molecular weight is 456 g/mol. The maximum absolute atomic E-state index is 13.6. The van der Waals surface area contributed by atoms with E-state index in [1.165, 1.54) is 6.42 Å². The number of rotatable bonds is 5. The Balaban J connectivity index is 1.30. The van der Waals surface area contributed by atoms with E-state index in [0.29, 0.717) is 24.5 Å². The van der Waals surface area contributed by atoms with Crippen LogP contribution in [0.5, 0.6) is 0 Å². The van der Waals surface area contributed by atoms with Crippen LogP contribution in [0.3, 0.4) is 0 Å². The Morgan fingerprint density at radius 3 is 2.50 bits per heavy atom. The Morgan fingerprint density at radius 2 is 1.84 bits per heavy atom. The lowest BCUT2D eigenvalue weighted by atomic mass is 9.95. The number of benzene rings is 1. The molecule has 7 nitrogen and oxygen atoms in total. The van der Waals surface area contributed by atoms with Crippen LogP contribution in [-0.2, 0) is 4.79 Å². The van der Waals surface area contributed by atoms with Crippen molar-refractivity contribution in [2.24, 2.45) is 0 Å². The molecule has 1 aromatic carbocycles. The molecule has 1 aliphatic carbocycles. The minimum absolute atomic E-state index is 0.169. The van der Waals surface area contributed by atoms with E-state index in [2.05, 4.69) is 26.7 Å². The zero-order valence-corrected chi connectivity index (χ0v) is 19.2. The molecular formula is C24H30ClN5O2. The number of likely N-dealkylation sites (tertiary alicyclic amines) is 1. The minimum atomic E-state index is -0.508. The molecule has 5 rings (SSSR count). The van der Waals surface area contributed by atoms with E-state index < -0.39 is 6.10 Å². The maximum atomic E-state index is 13.6. The highest BCUT2D eigenvalue weighted by atomic mass is 35.5. The topological polar surface area (TPSA) is 72.8 Å². The number of aromatic nitrogens is 2. The molecule has 2 aliphatic heterocycles. The van der Waals surface area contributed by atoms with E-state index in [9.17, 15) is 9.90 Å². The number of hydrogen-bond donors (Lipinski definition) is 1. The van der Waals surface area contributed by atoms with Crippen LogP contribution < -0.4 is 4.90 Å². The number of aliphatic hydroxyl groups is 1. The van der Waals surface area contributed by atoms with Crippen LogP contribution in [0.1, 0.15) is 54.5 Å². The van der Waals surface area contributed by atoms with Gasteiger partial charge in [-0.05, 0) is 49.5 Å². The molecular weight excluding hydrogens is 426 g/mol. The molecule has 3 atom stereocenters. The summed E-state index contributed by atoms with van der Waals surface area (Å²) >= 11 is 6.09. The van der Waals surface area contributed by atoms with Crippen LogP contribution in [0.2, 0.25) is 5.02 Å². The molecule has 1 N–H and O–H groups in total. The molecule has 0 spiro atoms. The van der Waals surface area contributed by atoms with Crippen LogP contribution >= 0.6 is 11.6 Å². The van der Waals surface area contributed by atoms with Gasteiger partial charge in [0.05, 0.1) is 17.7 Å². The first kappa shape index (κ1) is 21.6. The number of nitrogens with zero attached hydrogens (tertiary/aromatic N) is 5. The van der Waals surface area contributed by atoms with Crippen LogP contribution in [0, 0.1) is 0 Å². The van der Waals surface area contributed by atoms with Crippen LogP contribution in [0.15, 0.2) is 30.6 Å². The zero-order chi connectivity index (χ0) is 22.2. The normalized spacial score (nSPS) is 24.2. The quantitative estimate of drug-likeness (QED) is 0.747. The second-order valence-corrected chi connectivity index (χ2v) is 9.66. The van der Waals surface area contributed by atoms with E-state index in [-0.39, 0.29) is 17.7 Å². The molecule has 2 saturated heterocycles. The van der Waals surface area contributed by atoms with Crippen molar-refractivity contribution in [1.82, 2.24) is 19.8 Å². The predicted molar refractivity (Wildman–Crippen MR) is 124 cm³/mol. The van der Waals surface area contributed by atoms with Crippen molar-refractivity contribution in [1.29, 1.82) is 0 Å². The van der Waals surface area contributed by atoms with Crippen molar-refractivity contribution in [3.8, 4) is 0 Å². The number of carbonyl (C=O) groups is 1. The lowest BCUT2D eigenvalue weighted by Crippen LogP contribution is -2.52. The van der Waals surface area contributed by atoms with Gasteiger partial charge in [-0.15, -0.1) is 0 Å². The van der Waals surface area contributed by atoms with E-state index in [1.807, 2.05) is 29.2 Å². The first-order chi connectivity index (χ1) is 15.5. The van der Waals surface area contributed by atoms with E-state index >= 15 is 0 Å². The second-order valence-electron chi connectivity index (χ2n) is 9.22. The summed E-state index contributed by atoms with van der Waals surface area (Å²) in [4.78, 5) is 29.0. The van der Waals surface area contributed by atoms with Crippen LogP contribution in [-0.4, -0.2) is 76.6 Å². The number of halogens is 1. The van der Waals surface area contributed by atoms with Gasteiger partial charge in [-0.25, -0.2) is 9.97 Å². The van der Waals surface area contributed by atoms with Gasteiger partial charge in [-0.3, -0.25) is 4.79 Å². The first-order valence-corrected chi connectivity index (χ1v) is 11.9. The zero-order valence-electron chi connectivity index (χ0n) is 18.5. The standard InChI is InChI=1S/C24H30ClN5O2/c1-16-13-20(31)22-21(16)23(27-15-26-22)29-9-11-30(12-10-29)24(32)19(14-28-7-2-8-28)17-3-5-18(25)6-4-17/h3-6,15-16,19-20,31H,2,7-14H2,1H3/t16-,19?,20-/m1/s1.